The van der Waals surface area contributed by atoms with E-state index >= 15 is 4.39 Å². The molecule has 4 aromatic rings. The predicted octanol–water partition coefficient (Wildman–Crippen LogP) is 6.46. The molecule has 0 aliphatic carbocycles. The van der Waals surface area contributed by atoms with Gasteiger partial charge in [0.25, 0.3) is 0 Å². The minimum Gasteiger partial charge on any atom is -0.459 e. The van der Waals surface area contributed by atoms with Crippen LogP contribution >= 0.6 is 11.8 Å². The number of hydrogen-bond acceptors (Lipinski definition) is 8. The maximum atomic E-state index is 15.8. The Kier molecular flexibility index (Phi) is 9.86. The lowest BCUT2D eigenvalue weighted by Gasteiger charge is -2.42. The van der Waals surface area contributed by atoms with E-state index in [9.17, 15) is 14.4 Å². The molecule has 0 radical (unpaired) electrons. The average molecular weight is 601 g/mol. The Morgan fingerprint density at radius 1 is 0.674 bits per heavy atom. The van der Waals surface area contributed by atoms with Crippen molar-refractivity contribution in [1.29, 1.82) is 0 Å². The van der Waals surface area contributed by atoms with E-state index in [0.29, 0.717) is 5.56 Å². The minimum absolute atomic E-state index is 0.199. The zero-order valence-corrected chi connectivity index (χ0v) is 24.0. The second kappa shape index (κ2) is 14.1. The van der Waals surface area contributed by atoms with Gasteiger partial charge in [0.1, 0.15) is 12.7 Å². The molecule has 1 fully saturated rings. The van der Waals surface area contributed by atoms with Gasteiger partial charge in [0.15, 0.2) is 12.2 Å². The number of aryl methyl sites for hydroxylation is 1. The predicted molar refractivity (Wildman–Crippen MR) is 159 cm³/mol. The van der Waals surface area contributed by atoms with Crippen LogP contribution in [0.25, 0.3) is 0 Å². The Morgan fingerprint density at radius 3 is 1.65 bits per heavy atom. The zero-order valence-electron chi connectivity index (χ0n) is 23.2. The lowest BCUT2D eigenvalue weighted by molar-refractivity contribution is -0.218. The summed E-state index contributed by atoms with van der Waals surface area (Å²) in [4.78, 5) is 39.9. The van der Waals surface area contributed by atoms with Crippen molar-refractivity contribution < 1.29 is 37.7 Å². The summed E-state index contributed by atoms with van der Waals surface area (Å²) < 4.78 is 38.7. The highest BCUT2D eigenvalue weighted by Crippen LogP contribution is 2.39. The van der Waals surface area contributed by atoms with Gasteiger partial charge in [0.2, 0.25) is 6.36 Å². The average Bonchev–Trinajstić information content (AvgIpc) is 3.05. The SMILES string of the molecule is Cc1ccc(S[C@@H]2[C@H](OC(=O)c3ccccc3)[C@@H](OC(=O)c3ccccc3)[C@H](F)O[C@@H]2COC(=O)c2ccccc2)cc1. The zero-order chi connectivity index (χ0) is 30.2. The highest BCUT2D eigenvalue weighted by atomic mass is 32.2. The van der Waals surface area contributed by atoms with E-state index in [1.54, 1.807) is 78.9 Å². The number of halogens is 1. The van der Waals surface area contributed by atoms with Gasteiger partial charge in [0.05, 0.1) is 21.9 Å². The van der Waals surface area contributed by atoms with Crippen LogP contribution in [0.2, 0.25) is 0 Å². The molecule has 1 heterocycles. The highest BCUT2D eigenvalue weighted by molar-refractivity contribution is 8.00. The topological polar surface area (TPSA) is 88.1 Å². The lowest BCUT2D eigenvalue weighted by atomic mass is 10.0. The van der Waals surface area contributed by atoms with Gasteiger partial charge in [-0.25, -0.2) is 18.8 Å². The summed E-state index contributed by atoms with van der Waals surface area (Å²) in [5.41, 5.74) is 1.79. The van der Waals surface area contributed by atoms with Crippen molar-refractivity contribution in [2.75, 3.05) is 6.61 Å². The van der Waals surface area contributed by atoms with Crippen LogP contribution in [0, 0.1) is 6.92 Å². The molecule has 0 bridgehead atoms. The van der Waals surface area contributed by atoms with Crippen molar-refractivity contribution in [3.05, 3.63) is 138 Å². The Labute approximate surface area is 252 Å². The highest BCUT2D eigenvalue weighted by Gasteiger charge is 2.51. The number of rotatable bonds is 9. The molecule has 0 aromatic heterocycles. The van der Waals surface area contributed by atoms with E-state index in [1.807, 2.05) is 31.2 Å². The Bertz CT molecular complexity index is 1520. The summed E-state index contributed by atoms with van der Waals surface area (Å²) in [5, 5.41) is -0.834. The second-order valence-electron chi connectivity index (χ2n) is 9.86. The quantitative estimate of drug-likeness (QED) is 0.160. The van der Waals surface area contributed by atoms with Gasteiger partial charge in [-0.2, -0.15) is 0 Å². The molecular formula is C34H29FO7S. The summed E-state index contributed by atoms with van der Waals surface area (Å²) in [6.45, 7) is 1.61. The van der Waals surface area contributed by atoms with E-state index in [0.717, 1.165) is 10.5 Å². The molecule has 0 saturated carbocycles. The summed E-state index contributed by atoms with van der Waals surface area (Å²) in [6, 6.07) is 32.3. The van der Waals surface area contributed by atoms with Crippen molar-refractivity contribution in [3.63, 3.8) is 0 Å². The van der Waals surface area contributed by atoms with Gasteiger partial charge in [-0.05, 0) is 55.5 Å². The Hall–Kier alpha value is -4.47. The fourth-order valence-corrected chi connectivity index (χ4v) is 5.77. The van der Waals surface area contributed by atoms with Crippen LogP contribution in [-0.4, -0.2) is 54.4 Å². The van der Waals surface area contributed by atoms with Gasteiger partial charge >= 0.3 is 17.9 Å². The molecule has 0 N–H and O–H groups in total. The standard InChI is InChI=1S/C34H29FO7S/c1-22-17-19-26(20-18-22)43-30-27(21-39-32(36)23-11-5-2-6-12-23)40-31(35)29(42-34(38)25-15-9-4-10-16-25)28(30)41-33(37)24-13-7-3-8-14-24/h2-20,27-31H,21H2,1H3/t27-,28-,29-,30+,31-/m1/s1. The van der Waals surface area contributed by atoms with Crippen LogP contribution < -0.4 is 0 Å². The van der Waals surface area contributed by atoms with Gasteiger partial charge in [-0.15, -0.1) is 11.8 Å². The van der Waals surface area contributed by atoms with Gasteiger partial charge in [0, 0.05) is 4.90 Å². The van der Waals surface area contributed by atoms with E-state index in [2.05, 4.69) is 0 Å². The number of alkyl halides is 1. The number of thioether (sulfide) groups is 1. The molecule has 9 heteroatoms. The van der Waals surface area contributed by atoms with Crippen LogP contribution in [0.5, 0.6) is 0 Å². The first-order chi connectivity index (χ1) is 20.9. The first-order valence-electron chi connectivity index (χ1n) is 13.7. The van der Waals surface area contributed by atoms with Gasteiger partial charge in [-0.1, -0.05) is 72.3 Å². The van der Waals surface area contributed by atoms with Gasteiger partial charge in [-0.3, -0.25) is 0 Å². The maximum absolute atomic E-state index is 15.8. The molecule has 0 amide bonds. The summed E-state index contributed by atoms with van der Waals surface area (Å²) in [5.74, 6) is -2.14. The van der Waals surface area contributed by atoms with Crippen LogP contribution in [0.3, 0.4) is 0 Å². The van der Waals surface area contributed by atoms with E-state index in [4.69, 9.17) is 18.9 Å². The molecule has 0 unspecified atom stereocenters. The van der Waals surface area contributed by atoms with E-state index in [1.165, 1.54) is 23.9 Å². The van der Waals surface area contributed by atoms with E-state index in [-0.39, 0.29) is 17.7 Å². The minimum atomic E-state index is -2.18. The monoisotopic (exact) mass is 600 g/mol. The molecule has 4 aromatic carbocycles. The van der Waals surface area contributed by atoms with Crippen molar-refractivity contribution >= 4 is 29.7 Å². The van der Waals surface area contributed by atoms with Crippen molar-refractivity contribution in [2.24, 2.45) is 0 Å². The fourth-order valence-electron chi connectivity index (χ4n) is 4.52. The lowest BCUT2D eigenvalue weighted by Crippen LogP contribution is -2.59. The Morgan fingerprint density at radius 2 is 1.14 bits per heavy atom. The number of carbonyl (C=O) groups excluding carboxylic acids is 3. The molecule has 43 heavy (non-hydrogen) atoms. The molecule has 220 valence electrons. The largest absolute Gasteiger partial charge is 0.459 e. The van der Waals surface area contributed by atoms with Crippen LogP contribution in [0.1, 0.15) is 36.6 Å². The van der Waals surface area contributed by atoms with Crippen LogP contribution in [0.4, 0.5) is 4.39 Å². The third-order valence-electron chi connectivity index (χ3n) is 6.76. The third-order valence-corrected chi connectivity index (χ3v) is 8.15. The normalized spacial score (nSPS) is 21.4. The smallest absolute Gasteiger partial charge is 0.338 e. The molecule has 5 rings (SSSR count). The molecule has 5 atom stereocenters. The number of esters is 3. The van der Waals surface area contributed by atoms with E-state index < -0.39 is 47.8 Å². The number of hydrogen-bond donors (Lipinski definition) is 0. The number of benzene rings is 4. The number of carbonyl (C=O) groups is 3. The number of ether oxygens (including phenoxy) is 4. The molecule has 1 saturated heterocycles. The fraction of sp³-hybridized carbons (Fsp3) is 0.206. The first-order valence-corrected chi connectivity index (χ1v) is 14.5. The molecule has 0 spiro atoms. The summed E-state index contributed by atoms with van der Waals surface area (Å²) in [7, 11) is 0. The van der Waals surface area contributed by atoms with Gasteiger partial charge < -0.3 is 18.9 Å². The Balaban J connectivity index is 1.47. The molecular weight excluding hydrogens is 571 g/mol. The summed E-state index contributed by atoms with van der Waals surface area (Å²) >= 11 is 1.25. The van der Waals surface area contributed by atoms with Crippen molar-refractivity contribution in [1.82, 2.24) is 0 Å². The first kappa shape index (κ1) is 30.0. The molecule has 7 nitrogen and oxygen atoms in total. The maximum Gasteiger partial charge on any atom is 0.338 e. The molecule has 1 aliphatic rings. The summed E-state index contributed by atoms with van der Waals surface area (Å²) in [6.07, 6.45) is -6.16. The van der Waals surface area contributed by atoms with Crippen molar-refractivity contribution in [3.8, 4) is 0 Å². The van der Waals surface area contributed by atoms with Crippen molar-refractivity contribution in [2.45, 2.75) is 41.7 Å². The molecule has 1 aliphatic heterocycles. The van der Waals surface area contributed by atoms with Crippen LogP contribution in [-0.2, 0) is 18.9 Å². The third kappa shape index (κ3) is 7.68. The van der Waals surface area contributed by atoms with Crippen LogP contribution in [0.15, 0.2) is 120 Å². The second-order valence-corrected chi connectivity index (χ2v) is 11.1.